The monoisotopic (exact) mass is 392 g/mol. The van der Waals surface area contributed by atoms with Crippen LogP contribution in [0.15, 0.2) is 12.2 Å². The van der Waals surface area contributed by atoms with Gasteiger partial charge < -0.3 is 9.84 Å². The molecule has 1 N–H and O–H groups in total. The maximum absolute atomic E-state index is 15.4. The summed E-state index contributed by atoms with van der Waals surface area (Å²) in [5.74, 6) is 1.68. The number of aliphatic hydroxyl groups is 1. The number of rotatable bonds is 3. The Morgan fingerprint density at radius 1 is 1.21 bits per heavy atom. The zero-order valence-corrected chi connectivity index (χ0v) is 17.9. The molecule has 0 amide bonds. The van der Waals surface area contributed by atoms with E-state index in [2.05, 4.69) is 32.9 Å². The van der Waals surface area contributed by atoms with Gasteiger partial charge in [0, 0.05) is 5.41 Å². The van der Waals surface area contributed by atoms with Crippen molar-refractivity contribution in [3.63, 3.8) is 0 Å². The standard InChI is InChI=1S/C24H37FO3/c1-14-7-9-23(3)18-8-10-24(4)17(16(18)13-20(25)19(23)11-14)5-6-21(24)28-22(27)12-15(2)26/h7,9,14-21,26H,5-6,8,10-13H2,1-4H3/t14?,15?,16-,17-,18-,19?,20-,21+,23+,24-/m0/s1. The van der Waals surface area contributed by atoms with Gasteiger partial charge in [-0.05, 0) is 80.5 Å². The molecule has 0 heterocycles. The van der Waals surface area contributed by atoms with Crippen LogP contribution in [-0.2, 0) is 9.53 Å². The molecule has 4 aliphatic carbocycles. The molecule has 158 valence electrons. The smallest absolute Gasteiger partial charge is 0.308 e. The van der Waals surface area contributed by atoms with Crippen molar-refractivity contribution in [1.82, 2.24) is 0 Å². The number of carbonyl (C=O) groups is 1. The van der Waals surface area contributed by atoms with Gasteiger partial charge in [-0.25, -0.2) is 4.39 Å². The minimum absolute atomic E-state index is 0.0305. The number of alkyl halides is 1. The van der Waals surface area contributed by atoms with E-state index in [0.29, 0.717) is 30.1 Å². The van der Waals surface area contributed by atoms with Crippen LogP contribution in [-0.4, -0.2) is 29.5 Å². The highest BCUT2D eigenvalue weighted by molar-refractivity contribution is 5.70. The average Bonchev–Trinajstić information content (AvgIpc) is 2.93. The van der Waals surface area contributed by atoms with Gasteiger partial charge in [0.05, 0.1) is 12.5 Å². The highest BCUT2D eigenvalue weighted by Gasteiger charge is 2.62. The number of hydrogen-bond acceptors (Lipinski definition) is 3. The molecule has 3 nitrogen and oxygen atoms in total. The molecule has 0 bridgehead atoms. The fourth-order valence-electron chi connectivity index (χ4n) is 7.57. The summed E-state index contributed by atoms with van der Waals surface area (Å²) in [5.41, 5.74) is -0.0820. The van der Waals surface area contributed by atoms with Crippen LogP contribution in [0.4, 0.5) is 4.39 Å². The molecule has 3 unspecified atom stereocenters. The molecule has 0 aromatic heterocycles. The molecule has 4 heteroatoms. The molecule has 3 fully saturated rings. The first-order valence-electron chi connectivity index (χ1n) is 11.4. The first-order chi connectivity index (χ1) is 13.1. The van der Waals surface area contributed by atoms with E-state index >= 15 is 4.39 Å². The van der Waals surface area contributed by atoms with Crippen LogP contribution in [0, 0.1) is 40.4 Å². The van der Waals surface area contributed by atoms with Crippen molar-refractivity contribution in [2.75, 3.05) is 0 Å². The average molecular weight is 393 g/mol. The van der Waals surface area contributed by atoms with Gasteiger partial charge in [-0.1, -0.05) is 32.9 Å². The summed E-state index contributed by atoms with van der Waals surface area (Å²) in [6.45, 7) is 8.39. The molecule has 0 aliphatic heterocycles. The normalized spacial score (nSPS) is 51.0. The largest absolute Gasteiger partial charge is 0.462 e. The fourth-order valence-corrected chi connectivity index (χ4v) is 7.57. The van der Waals surface area contributed by atoms with Crippen molar-refractivity contribution in [1.29, 1.82) is 0 Å². The van der Waals surface area contributed by atoms with E-state index in [1.165, 1.54) is 0 Å². The molecule has 0 saturated heterocycles. The lowest BCUT2D eigenvalue weighted by molar-refractivity contribution is -0.165. The Labute approximate surface area is 169 Å². The predicted molar refractivity (Wildman–Crippen MR) is 107 cm³/mol. The fraction of sp³-hybridized carbons (Fsp3) is 0.875. The first-order valence-corrected chi connectivity index (χ1v) is 11.4. The van der Waals surface area contributed by atoms with E-state index in [4.69, 9.17) is 4.74 Å². The number of hydrogen-bond donors (Lipinski definition) is 1. The molecule has 28 heavy (non-hydrogen) atoms. The lowest BCUT2D eigenvalue weighted by atomic mass is 9.45. The van der Waals surface area contributed by atoms with Crippen LogP contribution in [0.1, 0.15) is 72.6 Å². The lowest BCUT2D eigenvalue weighted by Crippen LogP contribution is -2.56. The Hall–Kier alpha value is -0.900. The van der Waals surface area contributed by atoms with E-state index in [9.17, 15) is 9.90 Å². The number of allylic oxidation sites excluding steroid dienone is 2. The van der Waals surface area contributed by atoms with Crippen LogP contribution in [0.5, 0.6) is 0 Å². The van der Waals surface area contributed by atoms with E-state index in [1.807, 2.05) is 0 Å². The van der Waals surface area contributed by atoms with Crippen LogP contribution >= 0.6 is 0 Å². The van der Waals surface area contributed by atoms with Gasteiger partial charge in [-0.2, -0.15) is 0 Å². The summed E-state index contributed by atoms with van der Waals surface area (Å²) in [4.78, 5) is 12.2. The van der Waals surface area contributed by atoms with Crippen LogP contribution in [0.25, 0.3) is 0 Å². The number of ether oxygens (including phenoxy) is 1. The Kier molecular flexibility index (Phi) is 5.17. The van der Waals surface area contributed by atoms with Crippen molar-refractivity contribution in [2.24, 2.45) is 40.4 Å². The Bertz CT molecular complexity index is 646. The summed E-state index contributed by atoms with van der Waals surface area (Å²) in [7, 11) is 0. The quantitative estimate of drug-likeness (QED) is 0.539. The summed E-state index contributed by atoms with van der Waals surface area (Å²) in [5, 5.41) is 9.49. The topological polar surface area (TPSA) is 46.5 Å². The zero-order chi connectivity index (χ0) is 20.3. The maximum Gasteiger partial charge on any atom is 0.308 e. The number of esters is 1. The third-order valence-corrected chi connectivity index (χ3v) is 9.03. The molecule has 0 aromatic carbocycles. The zero-order valence-electron chi connectivity index (χ0n) is 17.9. The van der Waals surface area contributed by atoms with Crippen LogP contribution < -0.4 is 0 Å². The summed E-state index contributed by atoms with van der Waals surface area (Å²) in [6, 6.07) is 0. The third-order valence-electron chi connectivity index (χ3n) is 9.03. The van der Waals surface area contributed by atoms with E-state index in [0.717, 1.165) is 32.1 Å². The van der Waals surface area contributed by atoms with Crippen molar-refractivity contribution in [3.05, 3.63) is 12.2 Å². The third kappa shape index (κ3) is 3.14. The van der Waals surface area contributed by atoms with Gasteiger partial charge in [0.2, 0.25) is 0 Å². The summed E-state index contributed by atoms with van der Waals surface area (Å²) < 4.78 is 21.2. The Balaban J connectivity index is 1.55. The first kappa shape index (κ1) is 20.4. The molecule has 0 spiro atoms. The van der Waals surface area contributed by atoms with Crippen molar-refractivity contribution in [2.45, 2.75) is 91.0 Å². The molecule has 4 aliphatic rings. The molecule has 10 atom stereocenters. The SMILES string of the molecule is CC(O)CC(=O)O[C@@H]1CC[C@H]2[C@@H]3C[C@H](F)C4CC(C)C=C[C@]4(C)[C@H]3CC[C@]12C. The van der Waals surface area contributed by atoms with Crippen molar-refractivity contribution in [3.8, 4) is 0 Å². The van der Waals surface area contributed by atoms with Gasteiger partial charge in [-0.3, -0.25) is 4.79 Å². The second kappa shape index (κ2) is 7.11. The number of aliphatic hydroxyl groups excluding tert-OH is 1. The second-order valence-electron chi connectivity index (χ2n) is 10.8. The lowest BCUT2D eigenvalue weighted by Gasteiger charge is -2.60. The van der Waals surface area contributed by atoms with Gasteiger partial charge in [-0.15, -0.1) is 0 Å². The molecular formula is C24H37FO3. The summed E-state index contributed by atoms with van der Waals surface area (Å²) in [6.07, 6.45) is 8.94. The van der Waals surface area contributed by atoms with E-state index < -0.39 is 12.3 Å². The van der Waals surface area contributed by atoms with Gasteiger partial charge >= 0.3 is 5.97 Å². The Morgan fingerprint density at radius 3 is 2.68 bits per heavy atom. The molecule has 0 radical (unpaired) electrons. The van der Waals surface area contributed by atoms with Gasteiger partial charge in [0.25, 0.3) is 0 Å². The predicted octanol–water partition coefficient (Wildman–Crippen LogP) is 5.07. The van der Waals surface area contributed by atoms with E-state index in [-0.39, 0.29) is 35.2 Å². The maximum atomic E-state index is 15.4. The molecular weight excluding hydrogens is 355 g/mol. The highest BCUT2D eigenvalue weighted by atomic mass is 19.1. The number of fused-ring (bicyclic) bond motifs is 5. The number of halogens is 1. The van der Waals surface area contributed by atoms with Gasteiger partial charge in [0.15, 0.2) is 0 Å². The molecule has 0 aromatic rings. The number of carbonyl (C=O) groups excluding carboxylic acids is 1. The Morgan fingerprint density at radius 2 is 1.96 bits per heavy atom. The van der Waals surface area contributed by atoms with Crippen LogP contribution in [0.3, 0.4) is 0 Å². The molecule has 3 saturated carbocycles. The van der Waals surface area contributed by atoms with Crippen molar-refractivity contribution >= 4 is 5.97 Å². The minimum Gasteiger partial charge on any atom is -0.462 e. The van der Waals surface area contributed by atoms with Crippen LogP contribution in [0.2, 0.25) is 0 Å². The van der Waals surface area contributed by atoms with Gasteiger partial charge in [0.1, 0.15) is 12.3 Å². The highest BCUT2D eigenvalue weighted by Crippen LogP contribution is 2.66. The van der Waals surface area contributed by atoms with Crippen molar-refractivity contribution < 1.29 is 19.0 Å². The summed E-state index contributed by atoms with van der Waals surface area (Å²) >= 11 is 0. The molecule has 4 rings (SSSR count). The van der Waals surface area contributed by atoms with E-state index in [1.54, 1.807) is 6.92 Å². The minimum atomic E-state index is -0.724. The second-order valence-corrected chi connectivity index (χ2v) is 10.8.